The minimum absolute atomic E-state index is 0. The van der Waals surface area contributed by atoms with Gasteiger partial charge in [-0.1, -0.05) is 30.8 Å². The molecule has 3 saturated heterocycles. The molecule has 32 nitrogen and oxygen atoms in total. The number of anilines is 9. The number of aromatic hydroxyl groups is 1. The van der Waals surface area contributed by atoms with Gasteiger partial charge in [0.15, 0.2) is 13.2 Å². The molecule has 8 N–H and O–H groups in total. The number of esters is 2. The second-order valence-corrected chi connectivity index (χ2v) is 30.7. The molecule has 40 heteroatoms. The Balaban J connectivity index is 0.000000342. The number of carboxylic acid groups (broad SMARTS) is 1. The van der Waals surface area contributed by atoms with Crippen molar-refractivity contribution >= 4 is 116 Å². The average Bonchev–Trinajstić information content (AvgIpc) is 0.805. The van der Waals surface area contributed by atoms with Gasteiger partial charge in [-0.15, -0.1) is 0 Å². The van der Waals surface area contributed by atoms with Gasteiger partial charge in [-0.3, -0.25) is 4.79 Å². The smallest absolute Gasteiger partial charge is 0.870 e. The normalized spacial score (nSPS) is 13.6. The van der Waals surface area contributed by atoms with Crippen molar-refractivity contribution in [2.24, 2.45) is 0 Å². The largest absolute Gasteiger partial charge is 1.00 e. The summed E-state index contributed by atoms with van der Waals surface area (Å²) < 4.78 is 141. The summed E-state index contributed by atoms with van der Waals surface area (Å²) in [5.74, 6) is 1.06. The quantitative estimate of drug-likeness (QED) is 0.0234. The van der Waals surface area contributed by atoms with Crippen LogP contribution in [0.4, 0.5) is 65.5 Å². The number of nitrogens with one attached hydrogen (secondary N) is 3. The number of halogens is 4. The number of aliphatic carboxylic acids is 1. The first-order chi connectivity index (χ1) is 52.6. The fourth-order valence-corrected chi connectivity index (χ4v) is 15.3. The Morgan fingerprint density at radius 2 is 0.704 bits per heavy atom. The standard InChI is InChI=1S/C25H28FN5O5S.C23H24FN5O5S.C21H22FN5O3S.C4H7BrO2.2CH4.Li.2H2O/c1-3-35-24(32)17-36-21-8-10-22(11-9-21)37(33,34)31-14-12-30(13-15-31)25-27-18(2)16-23(29-25)28-20-6-4-19(26)5-7-20;1-16-14-21(26-18-4-2-17(24)3-5-18)27-23(25-16)28-10-12-29(13-11-28)35(32,33)20-8-6-19(7-9-20)34-15-22(30)31;1-15-14-20(24-17-4-2-16(22)3-5-17)25-21(23-15)26-10-12-27(13-11-26)31(29,30)19-8-6-18(28)7-9-19;1-2-7-4(6)3-5;;;;;/h4-11,16H,3,12-15,17H2,1-2H3,(H,27,28,29);2-9,14H,10-13,15H2,1H3,(H,30,31)(H,25,26,27);2-9,14,28H,10-13H2,1H3,(H,23,24,25);2-3H2,1H3;2*1H4;;2*1H2/q;;;;;;+1;;/p-1. The van der Waals surface area contributed by atoms with Crippen molar-refractivity contribution in [2.45, 2.75) is 64.2 Å². The molecule has 6 aromatic carbocycles. The van der Waals surface area contributed by atoms with E-state index in [1.54, 1.807) is 68.4 Å². The molecule has 0 spiro atoms. The van der Waals surface area contributed by atoms with E-state index in [0.29, 0.717) is 122 Å². The van der Waals surface area contributed by atoms with Crippen molar-refractivity contribution in [1.82, 2.24) is 42.8 Å². The van der Waals surface area contributed by atoms with Crippen molar-refractivity contribution in [3.63, 3.8) is 0 Å². The molecule has 0 unspecified atom stereocenters. The number of phenols is 1. The van der Waals surface area contributed by atoms with Gasteiger partial charge in [0.2, 0.25) is 47.9 Å². The third kappa shape index (κ3) is 28.6. The maximum Gasteiger partial charge on any atom is 1.00 e. The number of aryl methyl sites for hydroxylation is 3. The molecule has 0 atom stereocenters. The average molecular weight is 1720 g/mol. The Morgan fingerprint density at radius 1 is 0.435 bits per heavy atom. The van der Waals surface area contributed by atoms with Gasteiger partial charge in [-0.25, -0.2) is 63.0 Å². The van der Waals surface area contributed by atoms with Gasteiger partial charge in [0.1, 0.15) is 57.5 Å². The fourth-order valence-electron chi connectivity index (χ4n) is 10.9. The number of carbonyl (C=O) groups is 3. The number of carboxylic acids is 1. The predicted molar refractivity (Wildman–Crippen MR) is 428 cm³/mol. The summed E-state index contributed by atoms with van der Waals surface area (Å²) in [5, 5.41) is 27.8. The number of benzene rings is 6. The maximum atomic E-state index is 13.2. The van der Waals surface area contributed by atoms with E-state index in [2.05, 4.69) is 66.5 Å². The summed E-state index contributed by atoms with van der Waals surface area (Å²) in [7, 11) is -11.1. The number of piperazine rings is 3. The van der Waals surface area contributed by atoms with E-state index >= 15 is 0 Å². The number of aromatic nitrogens is 6. The van der Waals surface area contributed by atoms with Crippen LogP contribution < -0.4 is 59.0 Å². The number of phenolic OH excluding ortho intramolecular Hbond substituents is 1. The molecule has 6 heterocycles. The molecule has 3 aliphatic heterocycles. The molecule has 3 aromatic heterocycles. The molecular formula is C75H92BrF3LiN15O17S3. The van der Waals surface area contributed by atoms with Crippen molar-refractivity contribution in [3.8, 4) is 17.2 Å². The molecule has 0 bridgehead atoms. The summed E-state index contributed by atoms with van der Waals surface area (Å²) in [6.45, 7) is 13.1. The van der Waals surface area contributed by atoms with Crippen LogP contribution in [-0.2, 0) is 53.9 Å². The monoisotopic (exact) mass is 1710 g/mol. The van der Waals surface area contributed by atoms with E-state index < -0.39 is 48.6 Å². The zero-order valence-corrected chi connectivity index (χ0v) is 66.4. The van der Waals surface area contributed by atoms with Crippen LogP contribution in [0, 0.1) is 38.2 Å². The van der Waals surface area contributed by atoms with E-state index in [4.69, 9.17) is 19.3 Å². The number of rotatable bonds is 24. The van der Waals surface area contributed by atoms with Crippen LogP contribution in [0.1, 0.15) is 45.8 Å². The minimum Gasteiger partial charge on any atom is -0.870 e. The third-order valence-electron chi connectivity index (χ3n) is 16.3. The van der Waals surface area contributed by atoms with Crippen molar-refractivity contribution in [2.75, 3.05) is 141 Å². The topological polar surface area (TPSA) is 425 Å². The minimum atomic E-state index is -3.73. The van der Waals surface area contributed by atoms with Gasteiger partial charge in [0.05, 0.1) is 27.9 Å². The molecule has 115 heavy (non-hydrogen) atoms. The molecule has 0 radical (unpaired) electrons. The Kier molecular flexibility index (Phi) is 38.6. The summed E-state index contributed by atoms with van der Waals surface area (Å²) in [6.07, 6.45) is 0. The van der Waals surface area contributed by atoms with E-state index in [-0.39, 0.29) is 134 Å². The summed E-state index contributed by atoms with van der Waals surface area (Å²) >= 11 is 2.94. The number of ether oxygens (including phenoxy) is 4. The van der Waals surface area contributed by atoms with Crippen LogP contribution >= 0.6 is 15.9 Å². The molecule has 0 saturated carbocycles. The van der Waals surface area contributed by atoms with Crippen LogP contribution in [0.3, 0.4) is 0 Å². The number of alkyl halides is 1. The molecule has 9 aromatic rings. The molecule has 3 aliphatic rings. The van der Waals surface area contributed by atoms with E-state index in [1.807, 2.05) is 35.5 Å². The number of hydrogen-bond donors (Lipinski definition) is 5. The fraction of sp³-hybridized carbons (Fsp3) is 0.320. The van der Waals surface area contributed by atoms with Gasteiger partial charge in [0.25, 0.3) is 0 Å². The van der Waals surface area contributed by atoms with Gasteiger partial charge in [0, 0.05) is 131 Å². The van der Waals surface area contributed by atoms with E-state index in [0.717, 1.165) is 17.1 Å². The molecule has 3 fully saturated rings. The second-order valence-electron chi connectivity index (χ2n) is 24.3. The Labute approximate surface area is 687 Å². The van der Waals surface area contributed by atoms with Gasteiger partial charge < -0.3 is 70.8 Å². The first-order valence-electron chi connectivity index (χ1n) is 34.3. The van der Waals surface area contributed by atoms with Crippen molar-refractivity contribution in [1.29, 1.82) is 0 Å². The van der Waals surface area contributed by atoms with Crippen LogP contribution in [0.15, 0.2) is 178 Å². The number of carbonyl (C=O) groups excluding carboxylic acids is 2. The van der Waals surface area contributed by atoms with E-state index in [1.165, 1.54) is 122 Å². The first-order valence-corrected chi connectivity index (χ1v) is 39.8. The van der Waals surface area contributed by atoms with Crippen molar-refractivity contribution in [3.05, 3.63) is 198 Å². The van der Waals surface area contributed by atoms with Gasteiger partial charge in [-0.05, 0) is 180 Å². The molecule has 0 amide bonds. The first kappa shape index (κ1) is 97.1. The SMILES string of the molecule is C.C.CCOC(=O)CBr.CCOC(=O)COc1ccc(S(=O)(=O)N2CCN(c3nc(C)cc(Nc4ccc(F)cc4)n3)CC2)cc1.Cc1cc(Nc2ccc(F)cc2)nc(N2CCN(S(=O)(=O)c3ccc(O)cc3)CC2)n1.Cc1cc(Nc2ccc(F)cc2)nc(N2CCN(S(=O)(=O)c3ccc(OCC(=O)O)cc3)CC2)n1.O.[Li+].[OH-]. The summed E-state index contributed by atoms with van der Waals surface area (Å²) in [4.78, 5) is 65.5. The molecule has 0 aliphatic carbocycles. The number of sulfonamides is 3. The molecule has 12 rings (SSSR count). The van der Waals surface area contributed by atoms with Crippen LogP contribution in [0.2, 0.25) is 0 Å². The Hall–Kier alpha value is -10.3. The number of hydrogen-bond acceptors (Lipinski definition) is 27. The maximum absolute atomic E-state index is 13.2. The van der Waals surface area contributed by atoms with E-state index in [9.17, 15) is 57.9 Å². The van der Waals surface area contributed by atoms with Gasteiger partial charge in [-0.2, -0.15) is 27.9 Å². The molecule has 616 valence electrons. The Bertz CT molecular complexity index is 4940. The van der Waals surface area contributed by atoms with Gasteiger partial charge >= 0.3 is 36.8 Å². The number of nitrogens with zero attached hydrogens (tertiary/aromatic N) is 12. The van der Waals surface area contributed by atoms with Crippen LogP contribution in [-0.4, -0.2) is 217 Å². The summed E-state index contributed by atoms with van der Waals surface area (Å²) in [5.41, 5.74) is 4.32. The molecular weight excluding hydrogens is 1620 g/mol. The second kappa shape index (κ2) is 45.7. The zero-order chi connectivity index (χ0) is 79.1. The third-order valence-corrected chi connectivity index (χ3v) is 22.5. The van der Waals surface area contributed by atoms with Crippen LogP contribution in [0.25, 0.3) is 0 Å². The van der Waals surface area contributed by atoms with Crippen molar-refractivity contribution < 1.29 is 112 Å². The summed E-state index contributed by atoms with van der Waals surface area (Å²) in [6, 6.07) is 40.3. The van der Waals surface area contributed by atoms with Crippen LogP contribution in [0.5, 0.6) is 17.2 Å². The predicted octanol–water partition coefficient (Wildman–Crippen LogP) is 6.87. The Morgan fingerprint density at radius 3 is 0.965 bits per heavy atom. The zero-order valence-electron chi connectivity index (χ0n) is 62.4.